The molecule has 1 aromatic carbocycles. The second kappa shape index (κ2) is 5.11. The van der Waals surface area contributed by atoms with Crippen molar-refractivity contribution in [1.82, 2.24) is 9.97 Å². The van der Waals surface area contributed by atoms with E-state index in [2.05, 4.69) is 9.97 Å². The number of rotatable bonds is 5. The lowest BCUT2D eigenvalue weighted by molar-refractivity contribution is 0.207. The van der Waals surface area contributed by atoms with Crippen molar-refractivity contribution in [2.24, 2.45) is 0 Å². The predicted molar refractivity (Wildman–Crippen MR) is 60.5 cm³/mol. The summed E-state index contributed by atoms with van der Waals surface area (Å²) < 4.78 is 10.5. The number of aromatic hydroxyl groups is 1. The maximum atomic E-state index is 10.8. The van der Waals surface area contributed by atoms with Gasteiger partial charge in [0, 0.05) is 0 Å². The fraction of sp³-hybridized carbons (Fsp3) is 0.182. The van der Waals surface area contributed by atoms with E-state index in [0.29, 0.717) is 6.61 Å². The Labute approximate surface area is 96.8 Å². The second-order valence-electron chi connectivity index (χ2n) is 3.27. The number of hydrogen-bond acceptors (Lipinski definition) is 4. The highest BCUT2D eigenvalue weighted by atomic mass is 16.5. The summed E-state index contributed by atoms with van der Waals surface area (Å²) >= 11 is 0. The zero-order chi connectivity index (χ0) is 12.1. The summed E-state index contributed by atoms with van der Waals surface area (Å²) in [5.41, 5.74) is -0.513. The Morgan fingerprint density at radius 3 is 2.41 bits per heavy atom. The lowest BCUT2D eigenvalue weighted by atomic mass is 10.3. The van der Waals surface area contributed by atoms with Crippen LogP contribution in [0.3, 0.4) is 0 Å². The molecular formula is C11H12N2O4. The first-order chi connectivity index (χ1) is 8.25. The van der Waals surface area contributed by atoms with Crippen LogP contribution in [0.15, 0.2) is 35.1 Å². The predicted octanol–water partition coefficient (Wildman–Crippen LogP) is 0.866. The van der Waals surface area contributed by atoms with Crippen LogP contribution in [0, 0.1) is 0 Å². The van der Waals surface area contributed by atoms with Crippen LogP contribution in [-0.4, -0.2) is 28.3 Å². The van der Waals surface area contributed by atoms with Crippen LogP contribution in [0.4, 0.5) is 0 Å². The Balaban J connectivity index is 1.77. The summed E-state index contributed by atoms with van der Waals surface area (Å²) in [6, 6.07) is 9.29. The highest BCUT2D eigenvalue weighted by Crippen LogP contribution is 2.16. The minimum Gasteiger partial charge on any atom is -0.491 e. The largest absolute Gasteiger partial charge is 0.491 e. The zero-order valence-electron chi connectivity index (χ0n) is 8.97. The van der Waals surface area contributed by atoms with Crippen LogP contribution >= 0.6 is 0 Å². The standard InChI is InChI=1S/C11H12N2O4/c14-9-10(13-11(15)12-9)17-7-6-16-8-4-2-1-3-5-8/h1-5,14H,6-7H2,(H2,12,13,15). The molecule has 0 amide bonds. The number of aromatic nitrogens is 2. The third-order valence-electron chi connectivity index (χ3n) is 2.02. The van der Waals surface area contributed by atoms with Crippen molar-refractivity contribution in [2.75, 3.05) is 13.2 Å². The summed E-state index contributed by atoms with van der Waals surface area (Å²) in [7, 11) is 0. The number of ether oxygens (including phenoxy) is 2. The van der Waals surface area contributed by atoms with Gasteiger partial charge in [0.05, 0.1) is 0 Å². The summed E-state index contributed by atoms with van der Waals surface area (Å²) in [5, 5.41) is 9.20. The van der Waals surface area contributed by atoms with Gasteiger partial charge in [-0.2, -0.15) is 0 Å². The molecule has 90 valence electrons. The topological polar surface area (TPSA) is 87.3 Å². The molecule has 2 rings (SSSR count). The lowest BCUT2D eigenvalue weighted by Gasteiger charge is -2.06. The van der Waals surface area contributed by atoms with E-state index < -0.39 is 5.69 Å². The van der Waals surface area contributed by atoms with Gasteiger partial charge in [-0.25, -0.2) is 4.79 Å². The van der Waals surface area contributed by atoms with Crippen molar-refractivity contribution in [1.29, 1.82) is 0 Å². The van der Waals surface area contributed by atoms with Crippen LogP contribution in [0.25, 0.3) is 0 Å². The van der Waals surface area contributed by atoms with Crippen molar-refractivity contribution in [3.63, 3.8) is 0 Å². The van der Waals surface area contributed by atoms with Gasteiger partial charge in [-0.1, -0.05) is 18.2 Å². The van der Waals surface area contributed by atoms with E-state index in [1.165, 1.54) is 0 Å². The quantitative estimate of drug-likeness (QED) is 0.672. The first-order valence-electron chi connectivity index (χ1n) is 5.07. The highest BCUT2D eigenvalue weighted by molar-refractivity contribution is 5.23. The average molecular weight is 236 g/mol. The van der Waals surface area contributed by atoms with Gasteiger partial charge in [-0.15, -0.1) is 0 Å². The third-order valence-corrected chi connectivity index (χ3v) is 2.02. The molecule has 0 aliphatic carbocycles. The fourth-order valence-corrected chi connectivity index (χ4v) is 1.28. The van der Waals surface area contributed by atoms with Gasteiger partial charge in [-0.05, 0) is 12.1 Å². The molecule has 0 atom stereocenters. The molecule has 0 aliphatic heterocycles. The van der Waals surface area contributed by atoms with Crippen LogP contribution in [0.2, 0.25) is 0 Å². The van der Waals surface area contributed by atoms with Gasteiger partial charge in [0.25, 0.3) is 11.8 Å². The van der Waals surface area contributed by atoms with Gasteiger partial charge < -0.3 is 14.6 Å². The van der Waals surface area contributed by atoms with Gasteiger partial charge in [-0.3, -0.25) is 9.97 Å². The number of para-hydroxylation sites is 1. The van der Waals surface area contributed by atoms with Crippen molar-refractivity contribution in [3.05, 3.63) is 40.8 Å². The molecule has 0 bridgehead atoms. The molecule has 0 spiro atoms. The molecule has 1 heterocycles. The van der Waals surface area contributed by atoms with Crippen LogP contribution in [0.1, 0.15) is 0 Å². The maximum absolute atomic E-state index is 10.8. The second-order valence-corrected chi connectivity index (χ2v) is 3.27. The minimum atomic E-state index is -0.513. The van der Waals surface area contributed by atoms with Crippen LogP contribution < -0.4 is 15.2 Å². The summed E-state index contributed by atoms with van der Waals surface area (Å²) in [5.74, 6) is 0.448. The van der Waals surface area contributed by atoms with Gasteiger partial charge in [0.15, 0.2) is 0 Å². The SMILES string of the molecule is O=c1[nH]c(O)c(OCCOc2ccccc2)[nH]1. The van der Waals surface area contributed by atoms with Gasteiger partial charge in [0.1, 0.15) is 19.0 Å². The lowest BCUT2D eigenvalue weighted by Crippen LogP contribution is -2.10. The van der Waals surface area contributed by atoms with Crippen LogP contribution in [-0.2, 0) is 0 Å². The summed E-state index contributed by atoms with van der Waals surface area (Å²) in [4.78, 5) is 15.2. The number of benzene rings is 1. The van der Waals surface area contributed by atoms with E-state index in [1.54, 1.807) is 0 Å². The monoisotopic (exact) mass is 236 g/mol. The average Bonchev–Trinajstić information content (AvgIpc) is 2.65. The Hall–Kier alpha value is -2.37. The van der Waals surface area contributed by atoms with E-state index in [9.17, 15) is 9.90 Å². The number of aromatic amines is 2. The first-order valence-corrected chi connectivity index (χ1v) is 5.07. The van der Waals surface area contributed by atoms with E-state index in [4.69, 9.17) is 9.47 Å². The molecular weight excluding hydrogens is 224 g/mol. The third kappa shape index (κ3) is 3.04. The summed E-state index contributed by atoms with van der Waals surface area (Å²) in [6.45, 7) is 0.535. The molecule has 0 aliphatic rings. The Morgan fingerprint density at radius 1 is 1.06 bits per heavy atom. The minimum absolute atomic E-state index is 0.0201. The number of nitrogens with one attached hydrogen (secondary N) is 2. The molecule has 0 saturated carbocycles. The Bertz CT molecular complexity index is 518. The van der Waals surface area contributed by atoms with Crippen molar-refractivity contribution < 1.29 is 14.6 Å². The fourth-order valence-electron chi connectivity index (χ4n) is 1.28. The smallest absolute Gasteiger partial charge is 0.328 e. The molecule has 0 saturated heterocycles. The first kappa shape index (κ1) is 11.1. The van der Waals surface area contributed by atoms with Gasteiger partial charge >= 0.3 is 5.69 Å². The maximum Gasteiger partial charge on any atom is 0.328 e. The molecule has 1 aromatic heterocycles. The highest BCUT2D eigenvalue weighted by Gasteiger charge is 2.05. The van der Waals surface area contributed by atoms with Crippen molar-refractivity contribution >= 4 is 0 Å². The molecule has 0 radical (unpaired) electrons. The number of hydrogen-bond donors (Lipinski definition) is 3. The molecule has 6 nitrogen and oxygen atoms in total. The normalized spacial score (nSPS) is 10.1. The van der Waals surface area contributed by atoms with Crippen LogP contribution in [0.5, 0.6) is 17.5 Å². The molecule has 2 aromatic rings. The van der Waals surface area contributed by atoms with E-state index in [1.807, 2.05) is 30.3 Å². The zero-order valence-corrected chi connectivity index (χ0v) is 8.97. The van der Waals surface area contributed by atoms with E-state index in [0.717, 1.165) is 5.75 Å². The van der Waals surface area contributed by atoms with E-state index >= 15 is 0 Å². The molecule has 17 heavy (non-hydrogen) atoms. The van der Waals surface area contributed by atoms with Gasteiger partial charge in [0.2, 0.25) is 0 Å². The molecule has 0 unspecified atom stereocenters. The Kier molecular flexibility index (Phi) is 3.34. The van der Waals surface area contributed by atoms with Crippen molar-refractivity contribution in [3.8, 4) is 17.5 Å². The molecule has 6 heteroatoms. The van der Waals surface area contributed by atoms with E-state index in [-0.39, 0.29) is 18.4 Å². The Morgan fingerprint density at radius 2 is 1.76 bits per heavy atom. The molecule has 3 N–H and O–H groups in total. The van der Waals surface area contributed by atoms with Crippen molar-refractivity contribution in [2.45, 2.75) is 0 Å². The number of H-pyrrole nitrogens is 2. The summed E-state index contributed by atoms with van der Waals surface area (Å²) in [6.07, 6.45) is 0. The molecule has 0 fully saturated rings. The number of imidazole rings is 1.